The fourth-order valence-electron chi connectivity index (χ4n) is 1.39. The Bertz CT molecular complexity index is 447. The van der Waals surface area contributed by atoms with Gasteiger partial charge in [0.2, 0.25) is 0 Å². The SMILES string of the molecule is Cc1c(CN)nc2ccc(O)cn12. The summed E-state index contributed by atoms with van der Waals surface area (Å²) < 4.78 is 1.83. The van der Waals surface area contributed by atoms with Gasteiger partial charge in [0.1, 0.15) is 11.4 Å². The number of rotatable bonds is 1. The van der Waals surface area contributed by atoms with Crippen LogP contribution in [0.3, 0.4) is 0 Å². The Hall–Kier alpha value is -1.55. The predicted molar refractivity (Wildman–Crippen MR) is 49.5 cm³/mol. The number of pyridine rings is 1. The lowest BCUT2D eigenvalue weighted by atomic mass is 10.3. The topological polar surface area (TPSA) is 63.5 Å². The standard InChI is InChI=1S/C9H11N3O/c1-6-8(4-10)11-9-3-2-7(13)5-12(6)9/h2-3,5,13H,4,10H2,1H3. The van der Waals surface area contributed by atoms with Crippen molar-refractivity contribution >= 4 is 5.65 Å². The van der Waals surface area contributed by atoms with Crippen molar-refractivity contribution in [2.75, 3.05) is 0 Å². The summed E-state index contributed by atoms with van der Waals surface area (Å²) >= 11 is 0. The van der Waals surface area contributed by atoms with E-state index in [2.05, 4.69) is 4.98 Å². The molecule has 3 N–H and O–H groups in total. The molecule has 4 heteroatoms. The lowest BCUT2D eigenvalue weighted by molar-refractivity contribution is 0.471. The van der Waals surface area contributed by atoms with Gasteiger partial charge in [0.05, 0.1) is 11.9 Å². The van der Waals surface area contributed by atoms with Crippen molar-refractivity contribution < 1.29 is 5.11 Å². The highest BCUT2D eigenvalue weighted by atomic mass is 16.3. The summed E-state index contributed by atoms with van der Waals surface area (Å²) in [6.07, 6.45) is 1.64. The van der Waals surface area contributed by atoms with Gasteiger partial charge >= 0.3 is 0 Å². The van der Waals surface area contributed by atoms with E-state index in [1.165, 1.54) is 0 Å². The van der Waals surface area contributed by atoms with Gasteiger partial charge in [-0.3, -0.25) is 0 Å². The summed E-state index contributed by atoms with van der Waals surface area (Å²) in [6.45, 7) is 2.36. The molecule has 2 rings (SSSR count). The van der Waals surface area contributed by atoms with E-state index in [-0.39, 0.29) is 5.75 Å². The molecule has 0 aromatic carbocycles. The average molecular weight is 177 g/mol. The monoisotopic (exact) mass is 177 g/mol. The van der Waals surface area contributed by atoms with Crippen LogP contribution in [-0.4, -0.2) is 14.5 Å². The van der Waals surface area contributed by atoms with Gasteiger partial charge in [0, 0.05) is 12.2 Å². The summed E-state index contributed by atoms with van der Waals surface area (Å²) in [7, 11) is 0. The average Bonchev–Trinajstić information content (AvgIpc) is 2.44. The van der Waals surface area contributed by atoms with E-state index in [9.17, 15) is 5.11 Å². The number of nitrogens with zero attached hydrogens (tertiary/aromatic N) is 2. The van der Waals surface area contributed by atoms with Crippen molar-refractivity contribution in [1.82, 2.24) is 9.38 Å². The molecule has 0 unspecified atom stereocenters. The first-order chi connectivity index (χ1) is 6.22. The molecule has 0 bridgehead atoms. The van der Waals surface area contributed by atoms with Crippen LogP contribution in [0.15, 0.2) is 18.3 Å². The number of hydrogen-bond acceptors (Lipinski definition) is 3. The van der Waals surface area contributed by atoms with E-state index in [4.69, 9.17) is 5.73 Å². The molecule has 0 saturated heterocycles. The Morgan fingerprint density at radius 2 is 2.31 bits per heavy atom. The van der Waals surface area contributed by atoms with E-state index in [1.807, 2.05) is 11.3 Å². The predicted octanol–water partition coefficient (Wildman–Crippen LogP) is 0.807. The number of fused-ring (bicyclic) bond motifs is 1. The summed E-state index contributed by atoms with van der Waals surface area (Å²) in [5.41, 5.74) is 8.18. The lowest BCUT2D eigenvalue weighted by Crippen LogP contribution is -1.98. The van der Waals surface area contributed by atoms with Crippen LogP contribution in [0.4, 0.5) is 0 Å². The van der Waals surface area contributed by atoms with Crippen molar-refractivity contribution in [3.8, 4) is 5.75 Å². The molecule has 0 amide bonds. The van der Waals surface area contributed by atoms with E-state index >= 15 is 0 Å². The van der Waals surface area contributed by atoms with Crippen molar-refractivity contribution in [3.05, 3.63) is 29.7 Å². The van der Waals surface area contributed by atoms with Crippen LogP contribution < -0.4 is 5.73 Å². The van der Waals surface area contributed by atoms with Crippen LogP contribution in [0.2, 0.25) is 0 Å². The molecule has 13 heavy (non-hydrogen) atoms. The first-order valence-corrected chi connectivity index (χ1v) is 4.09. The Morgan fingerprint density at radius 1 is 1.54 bits per heavy atom. The normalized spacial score (nSPS) is 10.9. The molecule has 0 spiro atoms. The molecule has 0 fully saturated rings. The Morgan fingerprint density at radius 3 is 3.00 bits per heavy atom. The Labute approximate surface area is 75.6 Å². The highest BCUT2D eigenvalue weighted by Crippen LogP contribution is 2.15. The summed E-state index contributed by atoms with van der Waals surface area (Å²) in [5.74, 6) is 0.233. The van der Waals surface area contributed by atoms with E-state index < -0.39 is 0 Å². The molecule has 0 saturated carbocycles. The van der Waals surface area contributed by atoms with Crippen LogP contribution in [0.25, 0.3) is 5.65 Å². The fraction of sp³-hybridized carbons (Fsp3) is 0.222. The maximum atomic E-state index is 9.26. The second-order valence-corrected chi connectivity index (χ2v) is 2.96. The minimum Gasteiger partial charge on any atom is -0.506 e. The molecule has 0 aliphatic heterocycles. The molecule has 0 radical (unpaired) electrons. The molecule has 68 valence electrons. The number of aryl methyl sites for hydroxylation is 1. The lowest BCUT2D eigenvalue weighted by Gasteiger charge is -1.96. The maximum absolute atomic E-state index is 9.26. The maximum Gasteiger partial charge on any atom is 0.137 e. The van der Waals surface area contributed by atoms with Crippen LogP contribution in [0.1, 0.15) is 11.4 Å². The van der Waals surface area contributed by atoms with Crippen molar-refractivity contribution in [2.45, 2.75) is 13.5 Å². The van der Waals surface area contributed by atoms with Gasteiger partial charge < -0.3 is 15.2 Å². The van der Waals surface area contributed by atoms with Crippen LogP contribution in [0, 0.1) is 6.92 Å². The van der Waals surface area contributed by atoms with Crippen LogP contribution in [0.5, 0.6) is 5.75 Å². The Kier molecular flexibility index (Phi) is 1.70. The second kappa shape index (κ2) is 2.74. The molecule has 0 aliphatic carbocycles. The zero-order valence-electron chi connectivity index (χ0n) is 7.36. The van der Waals surface area contributed by atoms with Crippen molar-refractivity contribution in [3.63, 3.8) is 0 Å². The molecule has 2 heterocycles. The largest absolute Gasteiger partial charge is 0.506 e. The van der Waals surface area contributed by atoms with Gasteiger partial charge in [-0.1, -0.05) is 0 Å². The minimum absolute atomic E-state index is 0.233. The van der Waals surface area contributed by atoms with Crippen LogP contribution >= 0.6 is 0 Å². The highest BCUT2D eigenvalue weighted by molar-refractivity contribution is 5.45. The first-order valence-electron chi connectivity index (χ1n) is 4.09. The third-order valence-corrected chi connectivity index (χ3v) is 2.13. The molecule has 0 aliphatic rings. The zero-order valence-corrected chi connectivity index (χ0v) is 7.36. The van der Waals surface area contributed by atoms with E-state index in [0.29, 0.717) is 6.54 Å². The van der Waals surface area contributed by atoms with Gasteiger partial charge in [-0.25, -0.2) is 4.98 Å². The van der Waals surface area contributed by atoms with E-state index in [0.717, 1.165) is 17.0 Å². The minimum atomic E-state index is 0.233. The summed E-state index contributed by atoms with van der Waals surface area (Å²) in [4.78, 5) is 4.30. The molecule has 4 nitrogen and oxygen atoms in total. The fourth-order valence-corrected chi connectivity index (χ4v) is 1.39. The van der Waals surface area contributed by atoms with E-state index in [1.54, 1.807) is 18.3 Å². The summed E-state index contributed by atoms with van der Waals surface area (Å²) in [5, 5.41) is 9.26. The van der Waals surface area contributed by atoms with Crippen LogP contribution in [-0.2, 0) is 6.54 Å². The number of nitrogens with two attached hydrogens (primary N) is 1. The molecular formula is C9H11N3O. The summed E-state index contributed by atoms with van der Waals surface area (Å²) in [6, 6.07) is 3.38. The third kappa shape index (κ3) is 1.15. The number of aromatic hydroxyl groups is 1. The van der Waals surface area contributed by atoms with Gasteiger partial charge in [0.15, 0.2) is 0 Å². The molecule has 2 aromatic rings. The van der Waals surface area contributed by atoms with Gasteiger partial charge in [-0.05, 0) is 19.1 Å². The number of aromatic nitrogens is 2. The van der Waals surface area contributed by atoms with Gasteiger partial charge in [0.25, 0.3) is 0 Å². The second-order valence-electron chi connectivity index (χ2n) is 2.96. The molecular weight excluding hydrogens is 166 g/mol. The molecule has 2 aromatic heterocycles. The molecule has 0 atom stereocenters. The highest BCUT2D eigenvalue weighted by Gasteiger charge is 2.05. The smallest absolute Gasteiger partial charge is 0.137 e. The van der Waals surface area contributed by atoms with Crippen molar-refractivity contribution in [1.29, 1.82) is 0 Å². The quantitative estimate of drug-likeness (QED) is 0.677. The van der Waals surface area contributed by atoms with Gasteiger partial charge in [-0.15, -0.1) is 0 Å². The zero-order chi connectivity index (χ0) is 9.42. The first kappa shape index (κ1) is 8.07. The van der Waals surface area contributed by atoms with Crippen molar-refractivity contribution in [2.24, 2.45) is 5.73 Å². The number of hydrogen-bond donors (Lipinski definition) is 2. The van der Waals surface area contributed by atoms with Gasteiger partial charge in [-0.2, -0.15) is 0 Å². The third-order valence-electron chi connectivity index (χ3n) is 2.13. The Balaban J connectivity index is 2.77. The number of imidazole rings is 1.